The van der Waals surface area contributed by atoms with Crippen LogP contribution < -0.4 is 5.32 Å². The summed E-state index contributed by atoms with van der Waals surface area (Å²) < 4.78 is 0.670. The smallest absolute Gasteiger partial charge is 0.193 e. The number of rotatable bonds is 19. The molecule has 0 aromatic heterocycles. The molecule has 3 unspecified atom stereocenters. The van der Waals surface area contributed by atoms with E-state index in [0.29, 0.717) is 10.6 Å². The SMILES string of the molecule is CCCCCCCCCC/C=C/CCCCCCCC1NC=C[N+]1(CC)C(C)O. The van der Waals surface area contributed by atoms with Gasteiger partial charge in [0.25, 0.3) is 0 Å². The minimum atomic E-state index is -0.339. The van der Waals surface area contributed by atoms with Crippen molar-refractivity contribution in [2.45, 2.75) is 136 Å². The molecule has 170 valence electrons. The van der Waals surface area contributed by atoms with E-state index < -0.39 is 0 Å². The molecule has 0 aliphatic carbocycles. The lowest BCUT2D eigenvalue weighted by Crippen LogP contribution is -2.57. The van der Waals surface area contributed by atoms with E-state index in [4.69, 9.17) is 0 Å². The molecule has 1 rings (SSSR count). The van der Waals surface area contributed by atoms with Gasteiger partial charge in [0, 0.05) is 13.3 Å². The normalized spacial score (nSPS) is 22.4. The average molecular weight is 408 g/mol. The summed E-state index contributed by atoms with van der Waals surface area (Å²) in [7, 11) is 0. The number of nitrogens with zero attached hydrogens (tertiary/aromatic N) is 1. The first-order chi connectivity index (χ1) is 14.2. The fraction of sp³-hybridized carbons (Fsp3) is 0.846. The monoisotopic (exact) mass is 407 g/mol. The first-order valence-corrected chi connectivity index (χ1v) is 12.8. The van der Waals surface area contributed by atoms with Gasteiger partial charge in [-0.15, -0.1) is 0 Å². The van der Waals surface area contributed by atoms with Gasteiger partial charge >= 0.3 is 0 Å². The molecule has 0 fully saturated rings. The first kappa shape index (κ1) is 26.2. The Morgan fingerprint density at radius 2 is 1.34 bits per heavy atom. The van der Waals surface area contributed by atoms with Crippen LogP contribution in [0, 0.1) is 0 Å². The molecule has 0 amide bonds. The third-order valence-electron chi connectivity index (χ3n) is 6.70. The molecule has 0 aromatic carbocycles. The first-order valence-electron chi connectivity index (χ1n) is 12.8. The molecular formula is C26H51N2O+. The molecule has 2 N–H and O–H groups in total. The minimum Gasteiger partial charge on any atom is -0.345 e. The standard InChI is InChI=1S/C26H51N2O/c1-4-6-7-8-9-10-11-12-13-14-15-16-17-18-19-20-21-22-26-27-23-24-28(26,5-2)25(3)29/h14-15,23-27,29H,4-13,16-22H2,1-3H3/q+1/b15-14+. The van der Waals surface area contributed by atoms with Crippen LogP contribution in [-0.4, -0.2) is 28.5 Å². The molecule has 1 aliphatic heterocycles. The Bertz CT molecular complexity index is 432. The van der Waals surface area contributed by atoms with Gasteiger partial charge in [0.15, 0.2) is 12.4 Å². The predicted octanol–water partition coefficient (Wildman–Crippen LogP) is 7.38. The van der Waals surface area contributed by atoms with Crippen molar-refractivity contribution in [3.8, 4) is 0 Å². The van der Waals surface area contributed by atoms with E-state index in [2.05, 4.69) is 37.5 Å². The van der Waals surface area contributed by atoms with Gasteiger partial charge in [-0.1, -0.05) is 83.3 Å². The second kappa shape index (κ2) is 16.9. The van der Waals surface area contributed by atoms with Gasteiger partial charge in [0.2, 0.25) is 0 Å². The fourth-order valence-electron chi connectivity index (χ4n) is 4.60. The van der Waals surface area contributed by atoms with Crippen molar-refractivity contribution in [2.75, 3.05) is 6.54 Å². The zero-order valence-corrected chi connectivity index (χ0v) is 19.9. The molecule has 3 heteroatoms. The molecule has 29 heavy (non-hydrogen) atoms. The minimum absolute atomic E-state index is 0.339. The van der Waals surface area contributed by atoms with Crippen LogP contribution in [0.15, 0.2) is 24.6 Å². The Kier molecular flexibility index (Phi) is 15.3. The number of hydrogen-bond donors (Lipinski definition) is 2. The van der Waals surface area contributed by atoms with E-state index >= 15 is 0 Å². The van der Waals surface area contributed by atoms with Crippen LogP contribution in [0.2, 0.25) is 0 Å². The average Bonchev–Trinajstić information content (AvgIpc) is 3.14. The van der Waals surface area contributed by atoms with Gasteiger partial charge < -0.3 is 10.4 Å². The lowest BCUT2D eigenvalue weighted by atomic mass is 10.1. The van der Waals surface area contributed by atoms with Crippen molar-refractivity contribution >= 4 is 0 Å². The topological polar surface area (TPSA) is 32.3 Å². The summed E-state index contributed by atoms with van der Waals surface area (Å²) in [6, 6.07) is 0. The van der Waals surface area contributed by atoms with Gasteiger partial charge in [-0.25, -0.2) is 0 Å². The number of hydrogen-bond acceptors (Lipinski definition) is 2. The maximum atomic E-state index is 10.2. The molecule has 0 spiro atoms. The summed E-state index contributed by atoms with van der Waals surface area (Å²) in [5.74, 6) is 0. The number of aliphatic hydroxyl groups is 1. The van der Waals surface area contributed by atoms with E-state index in [1.165, 1.54) is 96.3 Å². The second-order valence-corrected chi connectivity index (χ2v) is 9.02. The van der Waals surface area contributed by atoms with Crippen LogP contribution in [0.5, 0.6) is 0 Å². The van der Waals surface area contributed by atoms with Crippen LogP contribution >= 0.6 is 0 Å². The van der Waals surface area contributed by atoms with E-state index in [-0.39, 0.29) is 6.23 Å². The van der Waals surface area contributed by atoms with Crippen molar-refractivity contribution in [3.63, 3.8) is 0 Å². The van der Waals surface area contributed by atoms with Gasteiger partial charge in [-0.05, 0) is 39.0 Å². The van der Waals surface area contributed by atoms with Gasteiger partial charge in [0.1, 0.15) is 6.20 Å². The molecule has 0 saturated carbocycles. The highest BCUT2D eigenvalue weighted by Crippen LogP contribution is 2.25. The quantitative estimate of drug-likeness (QED) is 0.133. The molecule has 0 radical (unpaired) electrons. The van der Waals surface area contributed by atoms with Gasteiger partial charge in [-0.3, -0.25) is 4.48 Å². The molecule has 0 saturated heterocycles. The van der Waals surface area contributed by atoms with Crippen LogP contribution in [0.4, 0.5) is 0 Å². The summed E-state index contributed by atoms with van der Waals surface area (Å²) in [6.45, 7) is 7.31. The molecule has 1 heterocycles. The van der Waals surface area contributed by atoms with Crippen molar-refractivity contribution in [1.82, 2.24) is 5.32 Å². The largest absolute Gasteiger partial charge is 0.345 e. The van der Waals surface area contributed by atoms with Crippen molar-refractivity contribution in [2.24, 2.45) is 0 Å². The van der Waals surface area contributed by atoms with Crippen molar-refractivity contribution in [1.29, 1.82) is 0 Å². The van der Waals surface area contributed by atoms with Gasteiger partial charge in [0.05, 0.1) is 12.7 Å². The Balaban J connectivity index is 1.89. The molecule has 0 bridgehead atoms. The molecule has 3 atom stereocenters. The fourth-order valence-corrected chi connectivity index (χ4v) is 4.60. The summed E-state index contributed by atoms with van der Waals surface area (Å²) in [6.07, 6.45) is 30.5. The van der Waals surface area contributed by atoms with Crippen LogP contribution in [0.25, 0.3) is 0 Å². The lowest BCUT2D eigenvalue weighted by molar-refractivity contribution is -0.942. The molecule has 3 nitrogen and oxygen atoms in total. The Morgan fingerprint density at radius 1 is 0.828 bits per heavy atom. The maximum Gasteiger partial charge on any atom is 0.193 e. The van der Waals surface area contributed by atoms with Crippen LogP contribution in [0.3, 0.4) is 0 Å². The summed E-state index contributed by atoms with van der Waals surface area (Å²) >= 11 is 0. The van der Waals surface area contributed by atoms with E-state index in [9.17, 15) is 5.11 Å². The number of nitrogens with one attached hydrogen (secondary N) is 1. The lowest BCUT2D eigenvalue weighted by Gasteiger charge is -2.39. The highest BCUT2D eigenvalue weighted by Gasteiger charge is 2.40. The van der Waals surface area contributed by atoms with Crippen LogP contribution in [-0.2, 0) is 0 Å². The number of quaternary nitrogens is 1. The second-order valence-electron chi connectivity index (χ2n) is 9.02. The Labute approximate surface area is 182 Å². The van der Waals surface area contributed by atoms with E-state index in [1.807, 2.05) is 13.1 Å². The highest BCUT2D eigenvalue weighted by atomic mass is 16.3. The van der Waals surface area contributed by atoms with Gasteiger partial charge in [-0.2, -0.15) is 0 Å². The third kappa shape index (κ3) is 10.7. The Hall–Kier alpha value is -0.800. The summed E-state index contributed by atoms with van der Waals surface area (Å²) in [5.41, 5.74) is 0. The zero-order valence-electron chi connectivity index (χ0n) is 19.9. The van der Waals surface area contributed by atoms with Crippen LogP contribution in [0.1, 0.15) is 124 Å². The summed E-state index contributed by atoms with van der Waals surface area (Å²) in [4.78, 5) is 0. The number of unbranched alkanes of at least 4 members (excludes halogenated alkanes) is 13. The molecular weight excluding hydrogens is 356 g/mol. The molecule has 1 aliphatic rings. The van der Waals surface area contributed by atoms with E-state index in [1.54, 1.807) is 0 Å². The van der Waals surface area contributed by atoms with Crippen molar-refractivity contribution in [3.05, 3.63) is 24.6 Å². The number of aliphatic hydroxyl groups excluding tert-OH is 1. The summed E-state index contributed by atoms with van der Waals surface area (Å²) in [5, 5.41) is 13.6. The zero-order chi connectivity index (χ0) is 21.2. The maximum absolute atomic E-state index is 10.2. The van der Waals surface area contributed by atoms with Crippen molar-refractivity contribution < 1.29 is 9.59 Å². The predicted molar refractivity (Wildman–Crippen MR) is 127 cm³/mol. The molecule has 0 aromatic rings. The highest BCUT2D eigenvalue weighted by molar-refractivity contribution is 4.84. The Morgan fingerprint density at radius 3 is 1.86 bits per heavy atom. The number of allylic oxidation sites excluding steroid dienone is 2. The van der Waals surface area contributed by atoms with E-state index in [0.717, 1.165) is 13.0 Å². The third-order valence-corrected chi connectivity index (χ3v) is 6.70.